The summed E-state index contributed by atoms with van der Waals surface area (Å²) in [5.41, 5.74) is -0.546. The summed E-state index contributed by atoms with van der Waals surface area (Å²) in [5, 5.41) is 20.3. The van der Waals surface area contributed by atoms with Crippen molar-refractivity contribution in [3.8, 4) is 0 Å². The minimum atomic E-state index is -0.546. The van der Waals surface area contributed by atoms with Gasteiger partial charge in [-0.25, -0.2) is 0 Å². The molecule has 2 fully saturated rings. The monoisotopic (exact) mass is 184 g/mol. The Balaban J connectivity index is 2.20. The van der Waals surface area contributed by atoms with E-state index in [4.69, 9.17) is 0 Å². The first-order valence-corrected chi connectivity index (χ1v) is 5.55. The van der Waals surface area contributed by atoms with Gasteiger partial charge in [0.2, 0.25) is 0 Å². The lowest BCUT2D eigenvalue weighted by Gasteiger charge is -2.50. The third-order valence-corrected chi connectivity index (χ3v) is 4.20. The highest BCUT2D eigenvalue weighted by Crippen LogP contribution is 2.46. The van der Waals surface area contributed by atoms with E-state index in [2.05, 4.69) is 6.92 Å². The first-order valence-electron chi connectivity index (χ1n) is 5.55. The van der Waals surface area contributed by atoms with E-state index in [0.717, 1.165) is 32.1 Å². The van der Waals surface area contributed by atoms with E-state index in [1.165, 1.54) is 6.42 Å². The Hall–Kier alpha value is -0.0800. The van der Waals surface area contributed by atoms with Gasteiger partial charge < -0.3 is 10.2 Å². The SMILES string of the molecule is C[C@H]1CC[C@H](O)[C@H]2CCCC[C@@]21O. The van der Waals surface area contributed by atoms with Crippen molar-refractivity contribution in [1.29, 1.82) is 0 Å². The molecule has 0 bridgehead atoms. The predicted octanol–water partition coefficient (Wildman–Crippen LogP) is 1.70. The minimum absolute atomic E-state index is 0.157. The average Bonchev–Trinajstić information content (AvgIpc) is 2.12. The first kappa shape index (κ1) is 9.47. The summed E-state index contributed by atoms with van der Waals surface area (Å²) < 4.78 is 0. The molecular formula is C11H20O2. The summed E-state index contributed by atoms with van der Waals surface area (Å²) in [6.07, 6.45) is 5.84. The molecule has 2 aliphatic carbocycles. The van der Waals surface area contributed by atoms with E-state index >= 15 is 0 Å². The maximum Gasteiger partial charge on any atom is 0.0725 e. The number of hydrogen-bond donors (Lipinski definition) is 2. The molecule has 0 aliphatic heterocycles. The summed E-state index contributed by atoms with van der Waals surface area (Å²) in [4.78, 5) is 0. The summed E-state index contributed by atoms with van der Waals surface area (Å²) in [7, 11) is 0. The Kier molecular flexibility index (Phi) is 2.37. The molecule has 2 rings (SSSR count). The molecule has 2 saturated carbocycles. The zero-order valence-corrected chi connectivity index (χ0v) is 8.37. The number of aliphatic hydroxyl groups is 2. The van der Waals surface area contributed by atoms with Crippen LogP contribution in [0.4, 0.5) is 0 Å². The van der Waals surface area contributed by atoms with Crippen LogP contribution in [0.25, 0.3) is 0 Å². The minimum Gasteiger partial charge on any atom is -0.393 e. The molecule has 0 aromatic heterocycles. The molecule has 0 amide bonds. The molecule has 2 N–H and O–H groups in total. The smallest absolute Gasteiger partial charge is 0.0725 e. The third kappa shape index (κ3) is 1.40. The lowest BCUT2D eigenvalue weighted by Crippen LogP contribution is -2.54. The molecule has 2 nitrogen and oxygen atoms in total. The Morgan fingerprint density at radius 1 is 1.15 bits per heavy atom. The van der Waals surface area contributed by atoms with Crippen LogP contribution >= 0.6 is 0 Å². The molecule has 2 heteroatoms. The predicted molar refractivity (Wildman–Crippen MR) is 51.3 cm³/mol. The van der Waals surface area contributed by atoms with Crippen molar-refractivity contribution in [3.05, 3.63) is 0 Å². The Morgan fingerprint density at radius 3 is 2.62 bits per heavy atom. The van der Waals surface area contributed by atoms with Gasteiger partial charge in [0.05, 0.1) is 11.7 Å². The van der Waals surface area contributed by atoms with Gasteiger partial charge in [0, 0.05) is 5.92 Å². The Bertz CT molecular complexity index is 193. The Labute approximate surface area is 80.0 Å². The Morgan fingerprint density at radius 2 is 1.92 bits per heavy atom. The largest absolute Gasteiger partial charge is 0.393 e. The topological polar surface area (TPSA) is 40.5 Å². The second-order valence-electron chi connectivity index (χ2n) is 4.89. The lowest BCUT2D eigenvalue weighted by molar-refractivity contribution is -0.155. The van der Waals surface area contributed by atoms with Gasteiger partial charge in [0.15, 0.2) is 0 Å². The van der Waals surface area contributed by atoms with Crippen molar-refractivity contribution in [2.45, 2.75) is 57.2 Å². The zero-order valence-electron chi connectivity index (χ0n) is 8.37. The molecule has 2 aliphatic rings. The molecule has 0 heterocycles. The van der Waals surface area contributed by atoms with E-state index in [1.807, 2.05) is 0 Å². The van der Waals surface area contributed by atoms with E-state index < -0.39 is 5.60 Å². The quantitative estimate of drug-likeness (QED) is 0.601. The van der Waals surface area contributed by atoms with Gasteiger partial charge in [0.25, 0.3) is 0 Å². The van der Waals surface area contributed by atoms with Crippen LogP contribution in [-0.4, -0.2) is 21.9 Å². The van der Waals surface area contributed by atoms with Crippen molar-refractivity contribution >= 4 is 0 Å². The van der Waals surface area contributed by atoms with Crippen molar-refractivity contribution < 1.29 is 10.2 Å². The van der Waals surface area contributed by atoms with Crippen molar-refractivity contribution in [2.24, 2.45) is 11.8 Å². The van der Waals surface area contributed by atoms with Crippen LogP contribution in [0.3, 0.4) is 0 Å². The molecule has 0 unspecified atom stereocenters. The van der Waals surface area contributed by atoms with Crippen molar-refractivity contribution in [2.75, 3.05) is 0 Å². The highest BCUT2D eigenvalue weighted by molar-refractivity contribution is 5.00. The van der Waals surface area contributed by atoms with Gasteiger partial charge in [-0.2, -0.15) is 0 Å². The fourth-order valence-electron chi connectivity index (χ4n) is 3.22. The molecule has 0 aromatic carbocycles. The number of hydrogen-bond acceptors (Lipinski definition) is 2. The van der Waals surface area contributed by atoms with Gasteiger partial charge in [-0.1, -0.05) is 19.8 Å². The lowest BCUT2D eigenvalue weighted by atomic mass is 9.61. The van der Waals surface area contributed by atoms with Gasteiger partial charge in [-0.15, -0.1) is 0 Å². The maximum absolute atomic E-state index is 10.5. The summed E-state index contributed by atoms with van der Waals surface area (Å²) in [6.45, 7) is 2.13. The van der Waals surface area contributed by atoms with Gasteiger partial charge in [-0.3, -0.25) is 0 Å². The second kappa shape index (κ2) is 3.25. The van der Waals surface area contributed by atoms with Crippen LogP contribution in [0.2, 0.25) is 0 Å². The van der Waals surface area contributed by atoms with E-state index in [9.17, 15) is 10.2 Å². The van der Waals surface area contributed by atoms with Crippen molar-refractivity contribution in [1.82, 2.24) is 0 Å². The number of fused-ring (bicyclic) bond motifs is 1. The number of rotatable bonds is 0. The summed E-state index contributed by atoms with van der Waals surface area (Å²) in [6, 6.07) is 0. The molecule has 76 valence electrons. The fraction of sp³-hybridized carbons (Fsp3) is 1.00. The van der Waals surface area contributed by atoms with Gasteiger partial charge in [0.1, 0.15) is 0 Å². The van der Waals surface area contributed by atoms with E-state index in [-0.39, 0.29) is 12.0 Å². The van der Waals surface area contributed by atoms with Crippen LogP contribution < -0.4 is 0 Å². The standard InChI is InChI=1S/C11H20O2/c1-8-5-6-10(12)9-4-2-3-7-11(8,9)13/h8-10,12-13H,2-7H2,1H3/t8-,9+,10-,11-/m0/s1. The number of aliphatic hydroxyl groups excluding tert-OH is 1. The van der Waals surface area contributed by atoms with Crippen LogP contribution in [-0.2, 0) is 0 Å². The zero-order chi connectivity index (χ0) is 9.47. The van der Waals surface area contributed by atoms with Crippen molar-refractivity contribution in [3.63, 3.8) is 0 Å². The fourth-order valence-corrected chi connectivity index (χ4v) is 3.22. The highest BCUT2D eigenvalue weighted by Gasteiger charge is 2.48. The molecular weight excluding hydrogens is 164 g/mol. The molecule has 0 spiro atoms. The van der Waals surface area contributed by atoms with Crippen LogP contribution in [0, 0.1) is 11.8 Å². The van der Waals surface area contributed by atoms with Crippen LogP contribution in [0.1, 0.15) is 45.4 Å². The van der Waals surface area contributed by atoms with Crippen LogP contribution in [0.15, 0.2) is 0 Å². The third-order valence-electron chi connectivity index (χ3n) is 4.20. The summed E-state index contributed by atoms with van der Waals surface area (Å²) in [5.74, 6) is 0.534. The van der Waals surface area contributed by atoms with E-state index in [0.29, 0.717) is 5.92 Å². The van der Waals surface area contributed by atoms with Crippen LogP contribution in [0.5, 0.6) is 0 Å². The highest BCUT2D eigenvalue weighted by atomic mass is 16.3. The van der Waals surface area contributed by atoms with E-state index in [1.54, 1.807) is 0 Å². The molecule has 13 heavy (non-hydrogen) atoms. The maximum atomic E-state index is 10.5. The summed E-state index contributed by atoms with van der Waals surface area (Å²) >= 11 is 0. The molecule has 0 saturated heterocycles. The molecule has 4 atom stereocenters. The van der Waals surface area contributed by atoms with Gasteiger partial charge >= 0.3 is 0 Å². The van der Waals surface area contributed by atoms with Gasteiger partial charge in [-0.05, 0) is 31.6 Å². The average molecular weight is 184 g/mol. The second-order valence-corrected chi connectivity index (χ2v) is 4.89. The first-order chi connectivity index (χ1) is 6.14. The molecule has 0 radical (unpaired) electrons. The normalized spacial score (nSPS) is 51.5. The molecule has 0 aromatic rings.